The number of nitrogens with zero attached hydrogens (tertiary/aromatic N) is 1. The van der Waals surface area contributed by atoms with Crippen molar-refractivity contribution in [1.29, 1.82) is 0 Å². The van der Waals surface area contributed by atoms with Crippen LogP contribution in [0.4, 0.5) is 0 Å². The Labute approximate surface area is 92.5 Å². The summed E-state index contributed by atoms with van der Waals surface area (Å²) in [5, 5.41) is 0.619. The summed E-state index contributed by atoms with van der Waals surface area (Å²) < 4.78 is 0. The van der Waals surface area contributed by atoms with Crippen LogP contribution in [0, 0.1) is 0 Å². The Balaban J connectivity index is 2.64. The molecule has 0 atom stereocenters. The highest BCUT2D eigenvalue weighted by molar-refractivity contribution is 6.33. The maximum absolute atomic E-state index is 10.8. The zero-order valence-corrected chi connectivity index (χ0v) is 8.61. The Morgan fingerprint density at radius 3 is 2.67 bits per heavy atom. The Morgan fingerprint density at radius 2 is 1.93 bits per heavy atom. The van der Waals surface area contributed by atoms with Crippen molar-refractivity contribution in [2.24, 2.45) is 0 Å². The van der Waals surface area contributed by atoms with E-state index >= 15 is 0 Å². The van der Waals surface area contributed by atoms with E-state index in [0.29, 0.717) is 10.6 Å². The van der Waals surface area contributed by atoms with Crippen LogP contribution in [0.5, 0.6) is 0 Å². The maximum Gasteiger partial charge on any atom is 0.150 e. The lowest BCUT2D eigenvalue weighted by atomic mass is 10.0. The zero-order valence-electron chi connectivity index (χ0n) is 7.85. The Bertz CT molecular complexity index is 496. The van der Waals surface area contributed by atoms with E-state index in [1.165, 1.54) is 0 Å². The van der Waals surface area contributed by atoms with Gasteiger partial charge in [-0.2, -0.15) is 0 Å². The van der Waals surface area contributed by atoms with Gasteiger partial charge >= 0.3 is 0 Å². The molecule has 0 bridgehead atoms. The molecule has 2 nitrogen and oxygen atoms in total. The summed E-state index contributed by atoms with van der Waals surface area (Å²) in [6.45, 7) is 0. The molecule has 3 heteroatoms. The second-order valence-corrected chi connectivity index (χ2v) is 3.47. The van der Waals surface area contributed by atoms with Gasteiger partial charge in [-0.25, -0.2) is 0 Å². The van der Waals surface area contributed by atoms with E-state index < -0.39 is 0 Å². The summed E-state index contributed by atoms with van der Waals surface area (Å²) in [4.78, 5) is 14.8. The molecule has 0 aliphatic carbocycles. The summed E-state index contributed by atoms with van der Waals surface area (Å²) in [5.41, 5.74) is 2.19. The molecule has 1 aromatic carbocycles. The van der Waals surface area contributed by atoms with Crippen molar-refractivity contribution in [2.75, 3.05) is 0 Å². The third kappa shape index (κ3) is 1.90. The van der Waals surface area contributed by atoms with Crippen LogP contribution in [-0.2, 0) is 0 Å². The van der Waals surface area contributed by atoms with E-state index in [1.807, 2.05) is 18.2 Å². The van der Waals surface area contributed by atoms with Gasteiger partial charge in [0, 0.05) is 34.1 Å². The van der Waals surface area contributed by atoms with Crippen molar-refractivity contribution >= 4 is 17.9 Å². The van der Waals surface area contributed by atoms with Gasteiger partial charge in [0.15, 0.2) is 6.29 Å². The molecule has 0 radical (unpaired) electrons. The van der Waals surface area contributed by atoms with Crippen molar-refractivity contribution in [2.45, 2.75) is 0 Å². The molecule has 0 spiro atoms. The molecular formula is C12H8ClNO. The number of hydrogen-bond donors (Lipinski definition) is 0. The average Bonchev–Trinajstić information content (AvgIpc) is 2.30. The molecule has 2 rings (SSSR count). The number of carbonyl (C=O) groups excluding carboxylic acids is 1. The Kier molecular flexibility index (Phi) is 2.79. The van der Waals surface area contributed by atoms with Gasteiger partial charge in [0.25, 0.3) is 0 Å². The van der Waals surface area contributed by atoms with Crippen LogP contribution >= 0.6 is 11.6 Å². The standard InChI is InChI=1S/C12H8ClNO/c13-12-4-2-1-3-10(12)11-7-14-6-5-9(11)8-15/h1-8H. The molecule has 0 saturated carbocycles. The molecule has 0 amide bonds. The van der Waals surface area contributed by atoms with E-state index in [-0.39, 0.29) is 0 Å². The van der Waals surface area contributed by atoms with Gasteiger partial charge in [-0.3, -0.25) is 9.78 Å². The van der Waals surface area contributed by atoms with Crippen LogP contribution in [0.2, 0.25) is 5.02 Å². The molecule has 2 aromatic rings. The van der Waals surface area contributed by atoms with Gasteiger partial charge in [-0.05, 0) is 12.1 Å². The average molecular weight is 218 g/mol. The van der Waals surface area contributed by atoms with Gasteiger partial charge in [0.2, 0.25) is 0 Å². The predicted octanol–water partition coefficient (Wildman–Crippen LogP) is 3.21. The van der Waals surface area contributed by atoms with Crippen LogP contribution in [-0.4, -0.2) is 11.3 Å². The monoisotopic (exact) mass is 217 g/mol. The number of carbonyl (C=O) groups is 1. The number of benzene rings is 1. The molecule has 0 N–H and O–H groups in total. The van der Waals surface area contributed by atoms with E-state index in [0.717, 1.165) is 17.4 Å². The molecule has 1 heterocycles. The highest BCUT2D eigenvalue weighted by Crippen LogP contribution is 2.28. The molecule has 1 aromatic heterocycles. The van der Waals surface area contributed by atoms with Crippen LogP contribution in [0.25, 0.3) is 11.1 Å². The van der Waals surface area contributed by atoms with Crippen molar-refractivity contribution in [1.82, 2.24) is 4.98 Å². The number of aromatic nitrogens is 1. The molecule has 74 valence electrons. The summed E-state index contributed by atoms with van der Waals surface area (Å²) in [6, 6.07) is 9.06. The Hall–Kier alpha value is -1.67. The quantitative estimate of drug-likeness (QED) is 0.723. The Morgan fingerprint density at radius 1 is 1.13 bits per heavy atom. The lowest BCUT2D eigenvalue weighted by molar-refractivity contribution is 0.112. The van der Waals surface area contributed by atoms with Crippen molar-refractivity contribution < 1.29 is 4.79 Å². The molecule has 0 aliphatic heterocycles. The predicted molar refractivity (Wildman–Crippen MR) is 60.1 cm³/mol. The number of rotatable bonds is 2. The van der Waals surface area contributed by atoms with E-state index in [9.17, 15) is 4.79 Å². The summed E-state index contributed by atoms with van der Waals surface area (Å²) in [6.07, 6.45) is 4.04. The van der Waals surface area contributed by atoms with Gasteiger partial charge in [0.05, 0.1) is 0 Å². The third-order valence-corrected chi connectivity index (χ3v) is 2.48. The second-order valence-electron chi connectivity index (χ2n) is 3.06. The number of aldehydes is 1. The third-order valence-electron chi connectivity index (χ3n) is 2.15. The first-order valence-electron chi connectivity index (χ1n) is 4.47. The van der Waals surface area contributed by atoms with E-state index in [2.05, 4.69) is 4.98 Å². The SMILES string of the molecule is O=Cc1ccncc1-c1ccccc1Cl. The fourth-order valence-corrected chi connectivity index (χ4v) is 1.65. The summed E-state index contributed by atoms with van der Waals surface area (Å²) >= 11 is 6.04. The first-order valence-corrected chi connectivity index (χ1v) is 4.85. The molecule has 0 saturated heterocycles. The topological polar surface area (TPSA) is 30.0 Å². The largest absolute Gasteiger partial charge is 0.298 e. The van der Waals surface area contributed by atoms with Crippen LogP contribution in [0.1, 0.15) is 10.4 Å². The minimum absolute atomic E-state index is 0.595. The summed E-state index contributed by atoms with van der Waals surface area (Å²) in [5.74, 6) is 0. The highest BCUT2D eigenvalue weighted by Gasteiger charge is 2.06. The molecular weight excluding hydrogens is 210 g/mol. The van der Waals surface area contributed by atoms with Gasteiger partial charge in [-0.1, -0.05) is 29.8 Å². The molecule has 0 aliphatic rings. The number of hydrogen-bond acceptors (Lipinski definition) is 2. The van der Waals surface area contributed by atoms with Gasteiger partial charge in [-0.15, -0.1) is 0 Å². The molecule has 15 heavy (non-hydrogen) atoms. The van der Waals surface area contributed by atoms with Crippen molar-refractivity contribution in [3.63, 3.8) is 0 Å². The van der Waals surface area contributed by atoms with Crippen LogP contribution in [0.15, 0.2) is 42.7 Å². The highest BCUT2D eigenvalue weighted by atomic mass is 35.5. The lowest BCUT2D eigenvalue weighted by Gasteiger charge is -2.05. The summed E-state index contributed by atoms with van der Waals surface area (Å²) in [7, 11) is 0. The van der Waals surface area contributed by atoms with Crippen molar-refractivity contribution in [3.05, 3.63) is 53.3 Å². The van der Waals surface area contributed by atoms with E-state index in [4.69, 9.17) is 11.6 Å². The normalized spacial score (nSPS) is 9.93. The van der Waals surface area contributed by atoms with Crippen LogP contribution in [0.3, 0.4) is 0 Å². The molecule has 0 unspecified atom stereocenters. The van der Waals surface area contributed by atoms with Gasteiger partial charge < -0.3 is 0 Å². The minimum atomic E-state index is 0.595. The van der Waals surface area contributed by atoms with E-state index in [1.54, 1.807) is 24.5 Å². The van der Waals surface area contributed by atoms with Crippen LogP contribution < -0.4 is 0 Å². The first-order chi connectivity index (χ1) is 7.33. The fourth-order valence-electron chi connectivity index (χ4n) is 1.41. The number of pyridine rings is 1. The second kappa shape index (κ2) is 4.24. The lowest BCUT2D eigenvalue weighted by Crippen LogP contribution is -1.89. The first kappa shape index (κ1) is 9.87. The molecule has 0 fully saturated rings. The smallest absolute Gasteiger partial charge is 0.150 e. The maximum atomic E-state index is 10.8. The minimum Gasteiger partial charge on any atom is -0.298 e. The zero-order chi connectivity index (χ0) is 10.7. The number of halogens is 1. The fraction of sp³-hybridized carbons (Fsp3) is 0. The van der Waals surface area contributed by atoms with Crippen molar-refractivity contribution in [3.8, 4) is 11.1 Å². The van der Waals surface area contributed by atoms with Gasteiger partial charge in [0.1, 0.15) is 0 Å².